The first-order chi connectivity index (χ1) is 8.18. The average molecular weight is 252 g/mol. The Labute approximate surface area is 101 Å². The highest BCUT2D eigenvalue weighted by atomic mass is 31.2. The minimum atomic E-state index is -2.62. The van der Waals surface area contributed by atoms with E-state index in [9.17, 15) is 0 Å². The van der Waals surface area contributed by atoms with E-state index in [-0.39, 0.29) is 0 Å². The van der Waals surface area contributed by atoms with E-state index in [1.54, 1.807) is 0 Å². The molecule has 0 atom stereocenters. The molecule has 0 spiro atoms. The van der Waals surface area contributed by atoms with Crippen LogP contribution in [0.2, 0.25) is 0 Å². The third-order valence-corrected chi connectivity index (χ3v) is 1.72. The van der Waals surface area contributed by atoms with E-state index >= 15 is 0 Å². The topological polar surface area (TPSA) is 69.9 Å². The summed E-state index contributed by atoms with van der Waals surface area (Å²) in [6.45, 7) is 0. The summed E-state index contributed by atoms with van der Waals surface area (Å²) >= 11 is 0. The molecule has 17 heavy (non-hydrogen) atoms. The quantitative estimate of drug-likeness (QED) is 0.719. The van der Waals surface area contributed by atoms with Gasteiger partial charge in [0.05, 0.1) is 0 Å². The van der Waals surface area contributed by atoms with Crippen LogP contribution >= 0.6 is 8.60 Å². The van der Waals surface area contributed by atoms with Gasteiger partial charge in [-0.05, 0) is 24.3 Å². The zero-order valence-corrected chi connectivity index (χ0v) is 9.87. The van der Waals surface area contributed by atoms with E-state index in [0.29, 0.717) is 0 Å². The van der Waals surface area contributed by atoms with Gasteiger partial charge in [0.1, 0.15) is 11.5 Å². The molecular weight excluding hydrogens is 239 g/mol. The SMILES string of the molecule is OP(O)O.c1ccc(Oc2ccccc2)cc1. The summed E-state index contributed by atoms with van der Waals surface area (Å²) in [5.41, 5.74) is 0. The van der Waals surface area contributed by atoms with Crippen LogP contribution in [0.4, 0.5) is 0 Å². The fourth-order valence-electron chi connectivity index (χ4n) is 1.11. The van der Waals surface area contributed by atoms with Crippen molar-refractivity contribution in [2.45, 2.75) is 0 Å². The van der Waals surface area contributed by atoms with Gasteiger partial charge in [-0.1, -0.05) is 36.4 Å². The monoisotopic (exact) mass is 252 g/mol. The molecule has 0 aliphatic rings. The molecule has 90 valence electrons. The zero-order valence-electron chi connectivity index (χ0n) is 8.97. The highest BCUT2D eigenvalue weighted by molar-refractivity contribution is 7.38. The molecule has 0 heterocycles. The van der Waals surface area contributed by atoms with Crippen LogP contribution in [0.5, 0.6) is 11.5 Å². The van der Waals surface area contributed by atoms with Gasteiger partial charge in [0.25, 0.3) is 0 Å². The largest absolute Gasteiger partial charge is 0.457 e. The Morgan fingerprint density at radius 2 is 0.941 bits per heavy atom. The third kappa shape index (κ3) is 6.66. The third-order valence-electron chi connectivity index (χ3n) is 1.72. The lowest BCUT2D eigenvalue weighted by atomic mass is 10.3. The molecule has 0 saturated heterocycles. The summed E-state index contributed by atoms with van der Waals surface area (Å²) in [7, 11) is -2.62. The summed E-state index contributed by atoms with van der Waals surface area (Å²) < 4.78 is 5.58. The van der Waals surface area contributed by atoms with E-state index in [1.807, 2.05) is 60.7 Å². The Balaban J connectivity index is 0.000000317. The van der Waals surface area contributed by atoms with Crippen LogP contribution in [0.3, 0.4) is 0 Å². The lowest BCUT2D eigenvalue weighted by molar-refractivity contribution is 0.368. The van der Waals surface area contributed by atoms with Crippen molar-refractivity contribution >= 4 is 8.60 Å². The number of para-hydroxylation sites is 2. The Bertz CT molecular complexity index is 365. The van der Waals surface area contributed by atoms with Gasteiger partial charge < -0.3 is 19.4 Å². The summed E-state index contributed by atoms with van der Waals surface area (Å²) in [4.78, 5) is 21.7. The van der Waals surface area contributed by atoms with Crippen LogP contribution in [0, 0.1) is 0 Å². The highest BCUT2D eigenvalue weighted by Gasteiger charge is 1.92. The van der Waals surface area contributed by atoms with E-state index in [0.717, 1.165) is 11.5 Å². The first-order valence-electron chi connectivity index (χ1n) is 4.83. The minimum Gasteiger partial charge on any atom is -0.457 e. The zero-order chi connectivity index (χ0) is 12.5. The van der Waals surface area contributed by atoms with Crippen molar-refractivity contribution in [3.8, 4) is 11.5 Å². The summed E-state index contributed by atoms with van der Waals surface area (Å²) in [6, 6.07) is 19.5. The lowest BCUT2D eigenvalue weighted by Gasteiger charge is -2.03. The van der Waals surface area contributed by atoms with Gasteiger partial charge in [-0.3, -0.25) is 0 Å². The van der Waals surface area contributed by atoms with Crippen LogP contribution in [0.15, 0.2) is 60.7 Å². The number of ether oxygens (including phenoxy) is 1. The minimum absolute atomic E-state index is 0.869. The number of hydrogen-bond acceptors (Lipinski definition) is 4. The maximum atomic E-state index is 7.23. The molecule has 0 radical (unpaired) electrons. The summed E-state index contributed by atoms with van der Waals surface area (Å²) in [5.74, 6) is 1.74. The van der Waals surface area contributed by atoms with Gasteiger partial charge in [-0.2, -0.15) is 0 Å². The molecule has 2 aromatic rings. The van der Waals surface area contributed by atoms with E-state index in [1.165, 1.54) is 0 Å². The molecule has 0 bridgehead atoms. The molecule has 2 aromatic carbocycles. The van der Waals surface area contributed by atoms with Crippen molar-refractivity contribution in [2.24, 2.45) is 0 Å². The molecular formula is C12H13O4P. The van der Waals surface area contributed by atoms with Crippen LogP contribution in [-0.2, 0) is 0 Å². The van der Waals surface area contributed by atoms with Gasteiger partial charge in [0, 0.05) is 0 Å². The summed E-state index contributed by atoms with van der Waals surface area (Å²) in [6.07, 6.45) is 0. The van der Waals surface area contributed by atoms with E-state index < -0.39 is 8.60 Å². The van der Waals surface area contributed by atoms with Crippen molar-refractivity contribution < 1.29 is 19.4 Å². The normalized spacial score (nSPS) is 9.41. The van der Waals surface area contributed by atoms with Crippen LogP contribution in [-0.4, -0.2) is 14.7 Å². The maximum absolute atomic E-state index is 7.23. The lowest BCUT2D eigenvalue weighted by Crippen LogP contribution is -1.81. The van der Waals surface area contributed by atoms with Gasteiger partial charge >= 0.3 is 8.60 Å². The predicted octanol–water partition coefficient (Wildman–Crippen LogP) is 2.67. The van der Waals surface area contributed by atoms with Crippen LogP contribution < -0.4 is 4.74 Å². The molecule has 0 saturated carbocycles. The molecule has 0 amide bonds. The first kappa shape index (κ1) is 13.6. The van der Waals surface area contributed by atoms with Crippen LogP contribution in [0.1, 0.15) is 0 Å². The Morgan fingerprint density at radius 3 is 1.24 bits per heavy atom. The molecule has 4 nitrogen and oxygen atoms in total. The number of hydrogen-bond donors (Lipinski definition) is 3. The standard InChI is InChI=1S/C12H10O.H3O3P/c1-3-7-11(8-4-1)13-12-9-5-2-6-10-12;1-4(2)3/h1-10H;1-3H. The Morgan fingerprint density at radius 1 is 0.647 bits per heavy atom. The van der Waals surface area contributed by atoms with Gasteiger partial charge in [0.2, 0.25) is 0 Å². The molecule has 0 fully saturated rings. The molecule has 0 aromatic heterocycles. The van der Waals surface area contributed by atoms with Crippen molar-refractivity contribution in [2.75, 3.05) is 0 Å². The summed E-state index contributed by atoms with van der Waals surface area (Å²) in [5, 5.41) is 0. The smallest absolute Gasteiger partial charge is 0.324 e. The fraction of sp³-hybridized carbons (Fsp3) is 0. The highest BCUT2D eigenvalue weighted by Crippen LogP contribution is 2.19. The van der Waals surface area contributed by atoms with Crippen molar-refractivity contribution in [3.05, 3.63) is 60.7 Å². The molecule has 3 N–H and O–H groups in total. The second-order valence-corrected chi connectivity index (χ2v) is 3.53. The molecule has 0 unspecified atom stereocenters. The van der Waals surface area contributed by atoms with Crippen molar-refractivity contribution in [3.63, 3.8) is 0 Å². The van der Waals surface area contributed by atoms with E-state index in [4.69, 9.17) is 19.4 Å². The second kappa shape index (κ2) is 7.76. The van der Waals surface area contributed by atoms with Gasteiger partial charge in [-0.25, -0.2) is 0 Å². The maximum Gasteiger partial charge on any atom is 0.324 e. The van der Waals surface area contributed by atoms with Gasteiger partial charge in [0.15, 0.2) is 0 Å². The predicted molar refractivity (Wildman–Crippen MR) is 66.5 cm³/mol. The van der Waals surface area contributed by atoms with Crippen molar-refractivity contribution in [1.82, 2.24) is 0 Å². The molecule has 0 aliphatic heterocycles. The van der Waals surface area contributed by atoms with E-state index in [2.05, 4.69) is 0 Å². The molecule has 0 aliphatic carbocycles. The van der Waals surface area contributed by atoms with Crippen LogP contribution in [0.25, 0.3) is 0 Å². The fourth-order valence-corrected chi connectivity index (χ4v) is 1.11. The second-order valence-electron chi connectivity index (χ2n) is 3.00. The number of rotatable bonds is 2. The average Bonchev–Trinajstić information content (AvgIpc) is 2.31. The molecule has 2 rings (SSSR count). The Hall–Kier alpha value is -1.45. The molecule has 5 heteroatoms. The number of benzene rings is 2. The van der Waals surface area contributed by atoms with Gasteiger partial charge in [-0.15, -0.1) is 0 Å². The Kier molecular flexibility index (Phi) is 6.22. The first-order valence-corrected chi connectivity index (χ1v) is 6.03. The van der Waals surface area contributed by atoms with Crippen molar-refractivity contribution in [1.29, 1.82) is 0 Å².